The van der Waals surface area contributed by atoms with E-state index in [1.807, 2.05) is 42.5 Å². The molecule has 0 spiro atoms. The van der Waals surface area contributed by atoms with Crippen molar-refractivity contribution < 1.29 is 0 Å². The predicted octanol–water partition coefficient (Wildman–Crippen LogP) is 6.42. The Morgan fingerprint density at radius 3 is 2.46 bits per heavy atom. The number of halogens is 5. The van der Waals surface area contributed by atoms with Crippen molar-refractivity contribution in [3.63, 3.8) is 0 Å². The van der Waals surface area contributed by atoms with Crippen molar-refractivity contribution in [1.82, 2.24) is 0 Å². The summed E-state index contributed by atoms with van der Waals surface area (Å²) in [6, 6.07) is 11.3. The van der Waals surface area contributed by atoms with Gasteiger partial charge in [0.2, 0.25) is 0 Å². The molecule has 0 atom stereocenters. The number of rotatable bonds is 2. The van der Waals surface area contributed by atoms with E-state index < -0.39 is 0 Å². The molecule has 1 aliphatic heterocycles. The minimum absolute atomic E-state index is 0. The van der Waals surface area contributed by atoms with E-state index in [-0.39, 0.29) is 24.8 Å². The second-order valence-electron chi connectivity index (χ2n) is 4.86. The Morgan fingerprint density at radius 2 is 1.71 bits per heavy atom. The lowest BCUT2D eigenvalue weighted by molar-refractivity contribution is 1.04. The molecule has 0 saturated heterocycles. The molecule has 3 rings (SSSR count). The van der Waals surface area contributed by atoms with Gasteiger partial charge in [0.25, 0.3) is 0 Å². The second-order valence-corrected chi connectivity index (χ2v) is 6.08. The quantitative estimate of drug-likeness (QED) is 0.591. The van der Waals surface area contributed by atoms with Gasteiger partial charge in [-0.25, -0.2) is 0 Å². The standard InChI is InChI=1S/C17H13Cl3N2.2ClH/c18-13-6-4-11(10-15(13)20)5-7-16-12-2-1-3-14(19)17(12)22-9-8-21-16;;/h1-7,10,22H,8-9H2;2*1H. The van der Waals surface area contributed by atoms with Crippen molar-refractivity contribution in [3.05, 3.63) is 68.7 Å². The van der Waals surface area contributed by atoms with Crippen LogP contribution >= 0.6 is 59.6 Å². The maximum absolute atomic E-state index is 6.26. The van der Waals surface area contributed by atoms with E-state index in [4.69, 9.17) is 34.8 Å². The van der Waals surface area contributed by atoms with Crippen molar-refractivity contribution in [1.29, 1.82) is 0 Å². The molecule has 0 fully saturated rings. The fraction of sp³-hybridized carbons (Fsp3) is 0.118. The number of anilines is 1. The predicted molar refractivity (Wildman–Crippen MR) is 111 cm³/mol. The fourth-order valence-corrected chi connectivity index (χ4v) is 2.84. The Labute approximate surface area is 168 Å². The second kappa shape index (κ2) is 9.55. The molecule has 7 heteroatoms. The largest absolute Gasteiger partial charge is 0.381 e. The molecule has 2 aromatic rings. The van der Waals surface area contributed by atoms with Gasteiger partial charge in [-0.05, 0) is 29.8 Å². The van der Waals surface area contributed by atoms with E-state index >= 15 is 0 Å². The molecule has 128 valence electrons. The number of aliphatic imine (C=N–C) groups is 1. The van der Waals surface area contributed by atoms with Gasteiger partial charge >= 0.3 is 0 Å². The summed E-state index contributed by atoms with van der Waals surface area (Å²) in [7, 11) is 0. The van der Waals surface area contributed by atoms with Gasteiger partial charge in [0.1, 0.15) is 0 Å². The van der Waals surface area contributed by atoms with Crippen molar-refractivity contribution in [2.45, 2.75) is 0 Å². The first-order valence-corrected chi connectivity index (χ1v) is 7.99. The minimum Gasteiger partial charge on any atom is -0.381 e. The van der Waals surface area contributed by atoms with Crippen LogP contribution < -0.4 is 5.32 Å². The van der Waals surface area contributed by atoms with Crippen LogP contribution in [0, 0.1) is 0 Å². The molecule has 0 amide bonds. The van der Waals surface area contributed by atoms with E-state index in [0.717, 1.165) is 29.1 Å². The lowest BCUT2D eigenvalue weighted by Crippen LogP contribution is -2.04. The molecule has 24 heavy (non-hydrogen) atoms. The van der Waals surface area contributed by atoms with Crippen LogP contribution in [0.3, 0.4) is 0 Å². The van der Waals surface area contributed by atoms with E-state index in [0.29, 0.717) is 21.6 Å². The normalized spacial score (nSPS) is 13.0. The maximum Gasteiger partial charge on any atom is 0.0668 e. The van der Waals surface area contributed by atoms with Gasteiger partial charge in [-0.2, -0.15) is 0 Å². The number of allylic oxidation sites excluding steroid dienone is 1. The molecule has 2 nitrogen and oxygen atoms in total. The van der Waals surface area contributed by atoms with Crippen molar-refractivity contribution in [2.75, 3.05) is 18.4 Å². The Bertz CT molecular complexity index is 772. The first-order valence-electron chi connectivity index (χ1n) is 6.85. The third kappa shape index (κ3) is 4.81. The molecule has 1 aliphatic rings. The molecular formula is C17H15Cl5N2. The summed E-state index contributed by atoms with van der Waals surface area (Å²) in [6.07, 6.45) is 3.94. The highest BCUT2D eigenvalue weighted by molar-refractivity contribution is 6.42. The first kappa shape index (κ1) is 21.1. The molecule has 0 aromatic heterocycles. The van der Waals surface area contributed by atoms with Crippen LogP contribution in [0.4, 0.5) is 5.69 Å². The van der Waals surface area contributed by atoms with Crippen LogP contribution in [0.25, 0.3) is 6.08 Å². The summed E-state index contributed by atoms with van der Waals surface area (Å²) in [6.45, 7) is 1.47. The van der Waals surface area contributed by atoms with Gasteiger partial charge in [-0.15, -0.1) is 24.8 Å². The number of benzene rings is 2. The van der Waals surface area contributed by atoms with Crippen LogP contribution in [0.5, 0.6) is 0 Å². The number of para-hydroxylation sites is 1. The smallest absolute Gasteiger partial charge is 0.0668 e. The summed E-state index contributed by atoms with van der Waals surface area (Å²) < 4.78 is 0. The number of nitrogens with one attached hydrogen (secondary N) is 1. The van der Waals surface area contributed by atoms with Crippen molar-refractivity contribution >= 4 is 77.1 Å². The highest BCUT2D eigenvalue weighted by atomic mass is 35.5. The molecule has 0 aliphatic carbocycles. The maximum atomic E-state index is 6.26. The average molecular weight is 425 g/mol. The molecule has 1 N–H and O–H groups in total. The number of hydrogen-bond donors (Lipinski definition) is 1. The zero-order valence-corrected chi connectivity index (χ0v) is 16.3. The number of nitrogens with zero attached hydrogens (tertiary/aromatic N) is 1. The summed E-state index contributed by atoms with van der Waals surface area (Å²) in [4.78, 5) is 4.61. The van der Waals surface area contributed by atoms with Gasteiger partial charge in [-0.1, -0.05) is 59.1 Å². The van der Waals surface area contributed by atoms with Crippen LogP contribution in [-0.4, -0.2) is 18.8 Å². The van der Waals surface area contributed by atoms with Gasteiger partial charge in [0.05, 0.1) is 33.0 Å². The molecule has 0 saturated carbocycles. The van der Waals surface area contributed by atoms with Crippen LogP contribution in [-0.2, 0) is 0 Å². The highest BCUT2D eigenvalue weighted by Crippen LogP contribution is 2.28. The van der Waals surface area contributed by atoms with Crippen LogP contribution in [0.1, 0.15) is 11.1 Å². The summed E-state index contributed by atoms with van der Waals surface area (Å²) in [5, 5.41) is 5.11. The summed E-state index contributed by atoms with van der Waals surface area (Å²) in [5.74, 6) is 0. The molecule has 0 bridgehead atoms. The molecule has 0 radical (unpaired) electrons. The Kier molecular flexibility index (Phi) is 8.41. The number of hydrogen-bond acceptors (Lipinski definition) is 2. The highest BCUT2D eigenvalue weighted by Gasteiger charge is 2.12. The number of fused-ring (bicyclic) bond motifs is 1. The Balaban J connectivity index is 0.00000144. The summed E-state index contributed by atoms with van der Waals surface area (Å²) >= 11 is 18.2. The SMILES string of the molecule is Cl.Cl.Clc1ccc(C=CC2=NCCNc3c(Cl)cccc32)cc1Cl. The lowest BCUT2D eigenvalue weighted by atomic mass is 10.1. The van der Waals surface area contributed by atoms with E-state index in [1.165, 1.54) is 0 Å². The van der Waals surface area contributed by atoms with Crippen LogP contribution in [0.2, 0.25) is 15.1 Å². The zero-order chi connectivity index (χ0) is 15.5. The van der Waals surface area contributed by atoms with E-state index in [9.17, 15) is 0 Å². The third-order valence-electron chi connectivity index (χ3n) is 3.36. The fourth-order valence-electron chi connectivity index (χ4n) is 2.29. The lowest BCUT2D eigenvalue weighted by Gasteiger charge is -2.09. The first-order chi connectivity index (χ1) is 10.6. The van der Waals surface area contributed by atoms with Crippen molar-refractivity contribution in [2.24, 2.45) is 4.99 Å². The third-order valence-corrected chi connectivity index (χ3v) is 4.42. The Morgan fingerprint density at radius 1 is 0.917 bits per heavy atom. The van der Waals surface area contributed by atoms with E-state index in [1.54, 1.807) is 6.07 Å². The van der Waals surface area contributed by atoms with Gasteiger partial charge in [0.15, 0.2) is 0 Å². The number of benzodiazepines with no additional fused rings is 1. The average Bonchev–Trinajstić information content (AvgIpc) is 2.72. The van der Waals surface area contributed by atoms with Crippen LogP contribution in [0.15, 0.2) is 47.5 Å². The summed E-state index contributed by atoms with van der Waals surface area (Å²) in [5.41, 5.74) is 3.80. The van der Waals surface area contributed by atoms with Crippen molar-refractivity contribution in [3.8, 4) is 0 Å². The van der Waals surface area contributed by atoms with E-state index in [2.05, 4.69) is 10.3 Å². The molecule has 0 unspecified atom stereocenters. The minimum atomic E-state index is 0. The zero-order valence-electron chi connectivity index (χ0n) is 12.4. The Hall–Kier alpha value is -0.900. The molecule has 2 aromatic carbocycles. The monoisotopic (exact) mass is 422 g/mol. The van der Waals surface area contributed by atoms with Gasteiger partial charge < -0.3 is 5.32 Å². The topological polar surface area (TPSA) is 24.4 Å². The molecule has 1 heterocycles. The molecular weight excluding hydrogens is 409 g/mol. The van der Waals surface area contributed by atoms with Gasteiger partial charge in [-0.3, -0.25) is 4.99 Å². The van der Waals surface area contributed by atoms with Gasteiger partial charge in [0, 0.05) is 12.1 Å².